The molecular formula is C9H15NO4S2. The summed E-state index contributed by atoms with van der Waals surface area (Å²) in [6.45, 7) is 0.606. The van der Waals surface area contributed by atoms with Crippen LogP contribution in [0.5, 0.6) is 0 Å². The number of carboxylic acids is 1. The smallest absolute Gasteiger partial charge is 0.327 e. The monoisotopic (exact) mass is 265 g/mol. The van der Waals surface area contributed by atoms with E-state index >= 15 is 0 Å². The number of amides is 1. The molecule has 0 radical (unpaired) electrons. The maximum absolute atomic E-state index is 11.7. The van der Waals surface area contributed by atoms with Crippen molar-refractivity contribution in [2.24, 2.45) is 0 Å². The molecule has 1 fully saturated rings. The van der Waals surface area contributed by atoms with Crippen molar-refractivity contribution in [1.82, 2.24) is 4.90 Å². The number of ether oxygens (including phenoxy) is 1. The van der Waals surface area contributed by atoms with Crippen molar-refractivity contribution in [3.05, 3.63) is 0 Å². The second-order valence-electron chi connectivity index (χ2n) is 3.26. The fraction of sp³-hybridized carbons (Fsp3) is 0.778. The molecule has 1 rings (SSSR count). The van der Waals surface area contributed by atoms with Gasteiger partial charge in [0.25, 0.3) is 0 Å². The molecule has 0 spiro atoms. The van der Waals surface area contributed by atoms with Gasteiger partial charge in [-0.05, 0) is 0 Å². The number of carbonyl (C=O) groups excluding carboxylic acids is 1. The summed E-state index contributed by atoms with van der Waals surface area (Å²) >= 11 is 2.95. The van der Waals surface area contributed by atoms with Crippen LogP contribution in [0.4, 0.5) is 0 Å². The second-order valence-corrected chi connectivity index (χ2v) is 5.37. The van der Waals surface area contributed by atoms with Crippen molar-refractivity contribution in [3.8, 4) is 0 Å². The van der Waals surface area contributed by atoms with Crippen molar-refractivity contribution >= 4 is 35.4 Å². The Hall–Kier alpha value is -0.400. The van der Waals surface area contributed by atoms with E-state index in [1.165, 1.54) is 28.4 Å². The molecule has 0 saturated carbocycles. The second kappa shape index (κ2) is 7.03. The molecule has 1 amide bonds. The van der Waals surface area contributed by atoms with Crippen molar-refractivity contribution in [2.75, 3.05) is 36.9 Å². The molecule has 0 aliphatic carbocycles. The van der Waals surface area contributed by atoms with Gasteiger partial charge in [-0.1, -0.05) is 0 Å². The highest BCUT2D eigenvalue weighted by atomic mass is 32.2. The first-order valence-electron chi connectivity index (χ1n) is 4.83. The first-order valence-corrected chi connectivity index (χ1v) is 7.14. The van der Waals surface area contributed by atoms with E-state index in [-0.39, 0.29) is 5.91 Å². The largest absolute Gasteiger partial charge is 0.480 e. The van der Waals surface area contributed by atoms with Crippen LogP contribution in [0.1, 0.15) is 0 Å². The van der Waals surface area contributed by atoms with Crippen LogP contribution in [0, 0.1) is 0 Å². The standard InChI is InChI=1S/C9H15NO4S2/c1-14-2-3-15-5-8(11)10-6-16-4-7(10)9(12)13/h7H,2-6H2,1H3,(H,12,13). The summed E-state index contributed by atoms with van der Waals surface area (Å²) in [5.74, 6) is 1.04. The van der Waals surface area contributed by atoms with Crippen LogP contribution in [-0.4, -0.2) is 64.8 Å². The molecule has 5 nitrogen and oxygen atoms in total. The van der Waals surface area contributed by atoms with E-state index in [4.69, 9.17) is 9.84 Å². The van der Waals surface area contributed by atoms with Gasteiger partial charge in [0.15, 0.2) is 0 Å². The van der Waals surface area contributed by atoms with E-state index in [1.807, 2.05) is 0 Å². The topological polar surface area (TPSA) is 66.8 Å². The normalized spacial score (nSPS) is 20.1. The molecule has 0 bridgehead atoms. The summed E-state index contributed by atoms with van der Waals surface area (Å²) in [5.41, 5.74) is 0. The first kappa shape index (κ1) is 13.7. The Bertz CT molecular complexity index is 262. The van der Waals surface area contributed by atoms with Gasteiger partial charge in [0.2, 0.25) is 5.91 Å². The van der Waals surface area contributed by atoms with Crippen LogP contribution in [0.2, 0.25) is 0 Å². The van der Waals surface area contributed by atoms with Crippen LogP contribution >= 0.6 is 23.5 Å². The third-order valence-electron chi connectivity index (χ3n) is 2.15. The Morgan fingerprint density at radius 2 is 2.38 bits per heavy atom. The van der Waals surface area contributed by atoms with E-state index in [0.717, 1.165) is 5.75 Å². The van der Waals surface area contributed by atoms with Gasteiger partial charge in [-0.3, -0.25) is 4.79 Å². The lowest BCUT2D eigenvalue weighted by Gasteiger charge is -2.20. The molecule has 0 aromatic carbocycles. The Morgan fingerprint density at radius 1 is 1.62 bits per heavy atom. The minimum atomic E-state index is -0.916. The average Bonchev–Trinajstić information content (AvgIpc) is 2.73. The van der Waals surface area contributed by atoms with E-state index in [1.54, 1.807) is 7.11 Å². The summed E-state index contributed by atoms with van der Waals surface area (Å²) in [5, 5.41) is 8.91. The number of nitrogens with zero attached hydrogens (tertiary/aromatic N) is 1. The van der Waals surface area contributed by atoms with Gasteiger partial charge in [-0.15, -0.1) is 23.5 Å². The van der Waals surface area contributed by atoms with Gasteiger partial charge in [0.05, 0.1) is 18.2 Å². The van der Waals surface area contributed by atoms with E-state index in [9.17, 15) is 9.59 Å². The Balaban J connectivity index is 2.32. The minimum absolute atomic E-state index is 0.0986. The first-order chi connectivity index (χ1) is 7.66. The quantitative estimate of drug-likeness (QED) is 0.699. The fourth-order valence-corrected chi connectivity index (χ4v) is 3.22. The number of hydrogen-bond acceptors (Lipinski definition) is 5. The SMILES string of the molecule is COCCSCC(=O)N1CSCC1C(=O)O. The lowest BCUT2D eigenvalue weighted by Crippen LogP contribution is -2.42. The lowest BCUT2D eigenvalue weighted by atomic mass is 10.3. The summed E-state index contributed by atoms with van der Waals surface area (Å²) in [4.78, 5) is 24.0. The summed E-state index contributed by atoms with van der Waals surface area (Å²) < 4.78 is 4.86. The number of methoxy groups -OCH3 is 1. The third-order valence-corrected chi connectivity index (χ3v) is 4.06. The third kappa shape index (κ3) is 3.88. The number of thioether (sulfide) groups is 2. The molecule has 92 valence electrons. The predicted molar refractivity (Wildman–Crippen MR) is 64.8 cm³/mol. The minimum Gasteiger partial charge on any atom is -0.480 e. The maximum Gasteiger partial charge on any atom is 0.327 e. The Labute approximate surface area is 103 Å². The molecule has 1 aliphatic heterocycles. The van der Waals surface area contributed by atoms with Crippen LogP contribution in [0.25, 0.3) is 0 Å². The molecule has 1 N–H and O–H groups in total. The predicted octanol–water partition coefficient (Wildman–Crippen LogP) is 0.352. The fourth-order valence-electron chi connectivity index (χ4n) is 1.28. The molecule has 1 heterocycles. The molecule has 16 heavy (non-hydrogen) atoms. The number of carboxylic acid groups (broad SMARTS) is 1. The van der Waals surface area contributed by atoms with E-state index in [2.05, 4.69) is 0 Å². The highest BCUT2D eigenvalue weighted by Gasteiger charge is 2.34. The molecule has 1 saturated heterocycles. The van der Waals surface area contributed by atoms with Crippen molar-refractivity contribution in [3.63, 3.8) is 0 Å². The zero-order valence-electron chi connectivity index (χ0n) is 9.05. The molecular weight excluding hydrogens is 250 g/mol. The summed E-state index contributed by atoms with van der Waals surface area (Å²) in [7, 11) is 1.61. The number of rotatable bonds is 6. The van der Waals surface area contributed by atoms with E-state index in [0.29, 0.717) is 24.0 Å². The molecule has 1 unspecified atom stereocenters. The molecule has 1 atom stereocenters. The zero-order valence-corrected chi connectivity index (χ0v) is 10.7. The number of carbonyl (C=O) groups is 2. The number of aliphatic carboxylic acids is 1. The number of hydrogen-bond donors (Lipinski definition) is 1. The summed E-state index contributed by atoms with van der Waals surface area (Å²) in [6.07, 6.45) is 0. The van der Waals surface area contributed by atoms with Gasteiger partial charge in [0, 0.05) is 18.6 Å². The van der Waals surface area contributed by atoms with Gasteiger partial charge >= 0.3 is 5.97 Å². The highest BCUT2D eigenvalue weighted by Crippen LogP contribution is 2.21. The van der Waals surface area contributed by atoms with Gasteiger partial charge in [0.1, 0.15) is 6.04 Å². The molecule has 7 heteroatoms. The highest BCUT2D eigenvalue weighted by molar-refractivity contribution is 8.00. The Morgan fingerprint density at radius 3 is 3.00 bits per heavy atom. The van der Waals surface area contributed by atoms with Crippen LogP contribution < -0.4 is 0 Å². The van der Waals surface area contributed by atoms with Crippen molar-refractivity contribution in [1.29, 1.82) is 0 Å². The van der Waals surface area contributed by atoms with Crippen molar-refractivity contribution < 1.29 is 19.4 Å². The van der Waals surface area contributed by atoms with E-state index < -0.39 is 12.0 Å². The van der Waals surface area contributed by atoms with Gasteiger partial charge in [-0.2, -0.15) is 0 Å². The lowest BCUT2D eigenvalue weighted by molar-refractivity contribution is -0.146. The Kier molecular flexibility index (Phi) is 6.00. The zero-order chi connectivity index (χ0) is 12.0. The maximum atomic E-state index is 11.7. The van der Waals surface area contributed by atoms with Crippen molar-refractivity contribution in [2.45, 2.75) is 6.04 Å². The molecule has 0 aromatic heterocycles. The van der Waals surface area contributed by atoms with Crippen LogP contribution in [0.3, 0.4) is 0 Å². The molecule has 1 aliphatic rings. The molecule has 0 aromatic rings. The summed E-state index contributed by atoms with van der Waals surface area (Å²) in [6, 6.07) is -0.652. The van der Waals surface area contributed by atoms with Crippen LogP contribution in [-0.2, 0) is 14.3 Å². The van der Waals surface area contributed by atoms with Gasteiger partial charge < -0.3 is 14.7 Å². The van der Waals surface area contributed by atoms with Crippen LogP contribution in [0.15, 0.2) is 0 Å². The average molecular weight is 265 g/mol. The van der Waals surface area contributed by atoms with Gasteiger partial charge in [-0.25, -0.2) is 4.79 Å².